The Morgan fingerprint density at radius 2 is 1.57 bits per heavy atom. The van der Waals surface area contributed by atoms with E-state index in [0.717, 1.165) is 0 Å². The van der Waals surface area contributed by atoms with E-state index in [1.54, 1.807) is 11.0 Å². The molecule has 28 heavy (non-hydrogen) atoms. The van der Waals surface area contributed by atoms with Crippen LogP contribution in [0.15, 0.2) is 42.5 Å². The summed E-state index contributed by atoms with van der Waals surface area (Å²) >= 11 is 0. The number of piperazine rings is 1. The molecule has 0 atom stereocenters. The number of amides is 2. The first-order valence-corrected chi connectivity index (χ1v) is 8.80. The Morgan fingerprint density at radius 3 is 2.14 bits per heavy atom. The van der Waals surface area contributed by atoms with E-state index in [4.69, 9.17) is 0 Å². The van der Waals surface area contributed by atoms with Crippen LogP contribution >= 0.6 is 0 Å². The highest BCUT2D eigenvalue weighted by atomic mass is 19.1. The molecule has 0 spiro atoms. The molecule has 0 radical (unpaired) electrons. The summed E-state index contributed by atoms with van der Waals surface area (Å²) in [4.78, 5) is 39.1. The molecule has 0 unspecified atom stereocenters. The molecule has 3 rings (SSSR count). The van der Waals surface area contributed by atoms with Gasteiger partial charge in [0.2, 0.25) is 5.91 Å². The van der Waals surface area contributed by atoms with Gasteiger partial charge in [0.05, 0.1) is 16.9 Å². The summed E-state index contributed by atoms with van der Waals surface area (Å²) in [6.07, 6.45) is 0. The van der Waals surface area contributed by atoms with Crippen molar-refractivity contribution in [3.63, 3.8) is 0 Å². The van der Waals surface area contributed by atoms with Crippen LogP contribution in [0.4, 0.5) is 15.8 Å². The van der Waals surface area contributed by atoms with Gasteiger partial charge in [-0.15, -0.1) is 0 Å². The standard InChI is InChI=1S/C20H20FN3O4/c1-13(25)23-8-10-24(11-9-23)18-7-4-15(20(27)28)12-17(18)22-19(26)14-2-5-16(21)6-3-14/h2-7,12H,8-11H2,1H3,(H,22,26)(H,27,28). The number of aromatic carboxylic acids is 1. The number of halogens is 1. The molecule has 1 aliphatic rings. The zero-order valence-electron chi connectivity index (χ0n) is 15.3. The van der Waals surface area contributed by atoms with Crippen molar-refractivity contribution in [1.29, 1.82) is 0 Å². The summed E-state index contributed by atoms with van der Waals surface area (Å²) in [5.74, 6) is -2.02. The first-order chi connectivity index (χ1) is 13.3. The Kier molecular flexibility index (Phi) is 5.58. The van der Waals surface area contributed by atoms with Gasteiger partial charge in [0.15, 0.2) is 0 Å². The van der Waals surface area contributed by atoms with Gasteiger partial charge in [-0.25, -0.2) is 9.18 Å². The maximum atomic E-state index is 13.1. The van der Waals surface area contributed by atoms with Gasteiger partial charge >= 0.3 is 5.97 Å². The molecule has 0 bridgehead atoms. The number of rotatable bonds is 4. The van der Waals surface area contributed by atoms with Crippen LogP contribution in [0.3, 0.4) is 0 Å². The molecule has 1 aliphatic heterocycles. The molecule has 7 nitrogen and oxygen atoms in total. The number of carbonyl (C=O) groups is 3. The number of hydrogen-bond donors (Lipinski definition) is 2. The van der Waals surface area contributed by atoms with Gasteiger partial charge < -0.3 is 20.2 Å². The van der Waals surface area contributed by atoms with Crippen molar-refractivity contribution in [2.75, 3.05) is 36.4 Å². The summed E-state index contributed by atoms with van der Waals surface area (Å²) in [5, 5.41) is 12.0. The number of benzene rings is 2. The van der Waals surface area contributed by atoms with E-state index in [1.165, 1.54) is 43.3 Å². The molecule has 2 aromatic carbocycles. The zero-order chi connectivity index (χ0) is 20.3. The van der Waals surface area contributed by atoms with E-state index in [1.807, 2.05) is 4.90 Å². The molecule has 8 heteroatoms. The Labute approximate surface area is 161 Å². The smallest absolute Gasteiger partial charge is 0.335 e. The van der Waals surface area contributed by atoms with Crippen molar-refractivity contribution in [1.82, 2.24) is 4.90 Å². The lowest BCUT2D eigenvalue weighted by Crippen LogP contribution is -2.48. The number of carbonyl (C=O) groups excluding carboxylic acids is 2. The van der Waals surface area contributed by atoms with Gasteiger partial charge in [-0.05, 0) is 42.5 Å². The van der Waals surface area contributed by atoms with Crippen LogP contribution in [0.1, 0.15) is 27.6 Å². The van der Waals surface area contributed by atoms with E-state index in [0.29, 0.717) is 37.6 Å². The molecule has 0 aromatic heterocycles. The summed E-state index contributed by atoms with van der Waals surface area (Å²) in [5.41, 5.74) is 1.32. The SMILES string of the molecule is CC(=O)N1CCN(c2ccc(C(=O)O)cc2NC(=O)c2ccc(F)cc2)CC1. The van der Waals surface area contributed by atoms with E-state index < -0.39 is 17.7 Å². The van der Waals surface area contributed by atoms with Crippen LogP contribution in [0.5, 0.6) is 0 Å². The number of carboxylic acids is 1. The highest BCUT2D eigenvalue weighted by Gasteiger charge is 2.22. The minimum absolute atomic E-state index is 0.00529. The molecule has 1 fully saturated rings. The van der Waals surface area contributed by atoms with E-state index in [-0.39, 0.29) is 17.0 Å². The second kappa shape index (κ2) is 8.08. The van der Waals surface area contributed by atoms with Crippen LogP contribution in [0.2, 0.25) is 0 Å². The average Bonchev–Trinajstić information content (AvgIpc) is 2.68. The maximum Gasteiger partial charge on any atom is 0.335 e. The fraction of sp³-hybridized carbons (Fsp3) is 0.250. The van der Waals surface area contributed by atoms with Crippen molar-refractivity contribution >= 4 is 29.2 Å². The third kappa shape index (κ3) is 4.28. The van der Waals surface area contributed by atoms with Crippen LogP contribution in [-0.4, -0.2) is 54.0 Å². The fourth-order valence-corrected chi connectivity index (χ4v) is 3.10. The zero-order valence-corrected chi connectivity index (χ0v) is 15.3. The van der Waals surface area contributed by atoms with E-state index in [9.17, 15) is 23.9 Å². The van der Waals surface area contributed by atoms with Gasteiger partial charge in [0, 0.05) is 38.7 Å². The maximum absolute atomic E-state index is 13.1. The van der Waals surface area contributed by atoms with E-state index in [2.05, 4.69) is 5.32 Å². The molecule has 2 amide bonds. The fourth-order valence-electron chi connectivity index (χ4n) is 3.10. The monoisotopic (exact) mass is 385 g/mol. The second-order valence-electron chi connectivity index (χ2n) is 6.49. The number of hydrogen-bond acceptors (Lipinski definition) is 4. The molecule has 2 N–H and O–H groups in total. The summed E-state index contributed by atoms with van der Waals surface area (Å²) in [7, 11) is 0. The molecular weight excluding hydrogens is 365 g/mol. The largest absolute Gasteiger partial charge is 0.478 e. The predicted octanol–water partition coefficient (Wildman–Crippen LogP) is 2.44. The third-order valence-corrected chi connectivity index (χ3v) is 4.66. The molecular formula is C20H20FN3O4. The second-order valence-corrected chi connectivity index (χ2v) is 6.49. The highest BCUT2D eigenvalue weighted by molar-refractivity contribution is 6.06. The summed E-state index contributed by atoms with van der Waals surface area (Å²) in [6, 6.07) is 9.61. The minimum atomic E-state index is -1.11. The normalized spacial score (nSPS) is 13.9. The summed E-state index contributed by atoms with van der Waals surface area (Å²) < 4.78 is 13.1. The van der Waals surface area contributed by atoms with Gasteiger partial charge in [-0.2, -0.15) is 0 Å². The number of nitrogens with zero attached hydrogens (tertiary/aromatic N) is 2. The van der Waals surface area contributed by atoms with Crippen molar-refractivity contribution in [2.45, 2.75) is 6.92 Å². The first-order valence-electron chi connectivity index (χ1n) is 8.80. The lowest BCUT2D eigenvalue weighted by atomic mass is 10.1. The van der Waals surface area contributed by atoms with Crippen molar-refractivity contribution in [3.8, 4) is 0 Å². The molecule has 146 valence electrons. The van der Waals surface area contributed by atoms with Crippen molar-refractivity contribution < 1.29 is 23.9 Å². The topological polar surface area (TPSA) is 90.0 Å². The molecule has 0 saturated carbocycles. The van der Waals surface area contributed by atoms with Crippen LogP contribution in [0, 0.1) is 5.82 Å². The molecule has 1 saturated heterocycles. The van der Waals surface area contributed by atoms with Gasteiger partial charge in [-0.1, -0.05) is 0 Å². The van der Waals surface area contributed by atoms with Crippen molar-refractivity contribution in [2.24, 2.45) is 0 Å². The number of carboxylic acid groups (broad SMARTS) is 1. The Morgan fingerprint density at radius 1 is 0.964 bits per heavy atom. The first kappa shape index (κ1) is 19.3. The van der Waals surface area contributed by atoms with Crippen LogP contribution in [-0.2, 0) is 4.79 Å². The van der Waals surface area contributed by atoms with Crippen molar-refractivity contribution in [3.05, 3.63) is 59.4 Å². The summed E-state index contributed by atoms with van der Waals surface area (Å²) in [6.45, 7) is 3.73. The Hall–Kier alpha value is -3.42. The third-order valence-electron chi connectivity index (χ3n) is 4.66. The van der Waals surface area contributed by atoms with Gasteiger partial charge in [-0.3, -0.25) is 9.59 Å². The predicted molar refractivity (Wildman–Crippen MR) is 102 cm³/mol. The lowest BCUT2D eigenvalue weighted by molar-refractivity contribution is -0.129. The molecule has 0 aliphatic carbocycles. The number of nitrogens with one attached hydrogen (secondary N) is 1. The average molecular weight is 385 g/mol. The Bertz CT molecular complexity index is 906. The molecule has 1 heterocycles. The van der Waals surface area contributed by atoms with Crippen LogP contribution < -0.4 is 10.2 Å². The van der Waals surface area contributed by atoms with Gasteiger partial charge in [0.25, 0.3) is 5.91 Å². The van der Waals surface area contributed by atoms with Gasteiger partial charge in [0.1, 0.15) is 5.82 Å². The molecule has 2 aromatic rings. The van der Waals surface area contributed by atoms with E-state index >= 15 is 0 Å². The minimum Gasteiger partial charge on any atom is -0.478 e. The van der Waals surface area contributed by atoms with Crippen LogP contribution in [0.25, 0.3) is 0 Å². The Balaban J connectivity index is 1.86. The number of anilines is 2. The highest BCUT2D eigenvalue weighted by Crippen LogP contribution is 2.29. The lowest BCUT2D eigenvalue weighted by Gasteiger charge is -2.36. The quantitative estimate of drug-likeness (QED) is 0.844.